The first-order valence-corrected chi connectivity index (χ1v) is 6.03. The van der Waals surface area contributed by atoms with E-state index < -0.39 is 11.7 Å². The number of rotatable bonds is 5. The van der Waals surface area contributed by atoms with Crippen molar-refractivity contribution in [3.05, 3.63) is 28.8 Å². The van der Waals surface area contributed by atoms with Gasteiger partial charge in [0.25, 0.3) is 0 Å². The number of alkyl halides is 3. The highest BCUT2D eigenvalue weighted by Crippen LogP contribution is 2.33. The van der Waals surface area contributed by atoms with Crippen LogP contribution in [-0.4, -0.2) is 19.5 Å². The van der Waals surface area contributed by atoms with Crippen LogP contribution in [0, 0.1) is 0 Å². The summed E-state index contributed by atoms with van der Waals surface area (Å²) in [7, 11) is 1.77. The standard InChI is InChI=1S/C12H14ClF3N2O/c1-17-6-2-3-11(19)18-10-5-4-8(7-9(10)13)12(14,15)16/h4-5,7,17H,2-3,6H2,1H3,(H,18,19). The molecule has 0 aliphatic heterocycles. The Balaban J connectivity index is 2.67. The van der Waals surface area contributed by atoms with Crippen LogP contribution in [0.15, 0.2) is 18.2 Å². The van der Waals surface area contributed by atoms with Crippen LogP contribution in [0.25, 0.3) is 0 Å². The second-order valence-electron chi connectivity index (χ2n) is 3.95. The third-order valence-electron chi connectivity index (χ3n) is 2.40. The summed E-state index contributed by atoms with van der Waals surface area (Å²) in [6, 6.07) is 2.83. The highest BCUT2D eigenvalue weighted by Gasteiger charge is 2.30. The van der Waals surface area contributed by atoms with Gasteiger partial charge in [0.15, 0.2) is 0 Å². The van der Waals surface area contributed by atoms with Crippen molar-refractivity contribution in [1.29, 1.82) is 0 Å². The maximum Gasteiger partial charge on any atom is 0.416 e. The van der Waals surface area contributed by atoms with Crippen LogP contribution < -0.4 is 10.6 Å². The van der Waals surface area contributed by atoms with Crippen LogP contribution in [0.5, 0.6) is 0 Å². The van der Waals surface area contributed by atoms with Gasteiger partial charge in [-0.3, -0.25) is 4.79 Å². The molecule has 0 saturated heterocycles. The van der Waals surface area contributed by atoms with E-state index in [-0.39, 0.29) is 23.0 Å². The van der Waals surface area contributed by atoms with E-state index >= 15 is 0 Å². The lowest BCUT2D eigenvalue weighted by molar-refractivity contribution is -0.137. The van der Waals surface area contributed by atoms with Crippen molar-refractivity contribution in [3.63, 3.8) is 0 Å². The van der Waals surface area contributed by atoms with Crippen LogP contribution >= 0.6 is 11.6 Å². The van der Waals surface area contributed by atoms with E-state index in [1.165, 1.54) is 0 Å². The average Bonchev–Trinajstić information content (AvgIpc) is 2.31. The third-order valence-corrected chi connectivity index (χ3v) is 2.71. The molecule has 1 aromatic rings. The molecular formula is C12H14ClF3N2O. The van der Waals surface area contributed by atoms with Crippen LogP contribution in [0.1, 0.15) is 18.4 Å². The molecule has 0 saturated carbocycles. The molecule has 1 amide bonds. The molecule has 0 unspecified atom stereocenters. The van der Waals surface area contributed by atoms with Gasteiger partial charge in [-0.25, -0.2) is 0 Å². The van der Waals surface area contributed by atoms with Crippen molar-refractivity contribution in [2.45, 2.75) is 19.0 Å². The second kappa shape index (κ2) is 6.77. The maximum atomic E-state index is 12.4. The number of hydrogen-bond donors (Lipinski definition) is 2. The minimum absolute atomic E-state index is 0.128. The van der Waals surface area contributed by atoms with Crippen molar-refractivity contribution in [3.8, 4) is 0 Å². The van der Waals surface area contributed by atoms with Gasteiger partial charge in [0, 0.05) is 6.42 Å². The van der Waals surface area contributed by atoms with Crippen LogP contribution in [0.3, 0.4) is 0 Å². The largest absolute Gasteiger partial charge is 0.416 e. The van der Waals surface area contributed by atoms with Crippen molar-refractivity contribution >= 4 is 23.2 Å². The third kappa shape index (κ3) is 5.08. The Morgan fingerprint density at radius 3 is 2.58 bits per heavy atom. The van der Waals surface area contributed by atoms with E-state index in [9.17, 15) is 18.0 Å². The Bertz CT molecular complexity index is 449. The Kier molecular flexibility index (Phi) is 5.62. The lowest BCUT2D eigenvalue weighted by Crippen LogP contribution is -2.15. The Hall–Kier alpha value is -1.27. The monoisotopic (exact) mass is 294 g/mol. The topological polar surface area (TPSA) is 41.1 Å². The molecule has 7 heteroatoms. The van der Waals surface area contributed by atoms with Gasteiger partial charge >= 0.3 is 6.18 Å². The molecule has 0 radical (unpaired) electrons. The molecule has 0 bridgehead atoms. The summed E-state index contributed by atoms with van der Waals surface area (Å²) < 4.78 is 37.2. The van der Waals surface area contributed by atoms with Gasteiger partial charge in [-0.1, -0.05) is 11.6 Å². The fraction of sp³-hybridized carbons (Fsp3) is 0.417. The van der Waals surface area contributed by atoms with Gasteiger partial charge in [0.1, 0.15) is 0 Å². The quantitative estimate of drug-likeness (QED) is 0.818. The smallest absolute Gasteiger partial charge is 0.325 e. The predicted octanol–water partition coefficient (Wildman–Crippen LogP) is 3.30. The first kappa shape index (κ1) is 15.8. The fourth-order valence-electron chi connectivity index (χ4n) is 1.43. The summed E-state index contributed by atoms with van der Waals surface area (Å²) >= 11 is 5.71. The average molecular weight is 295 g/mol. The summed E-state index contributed by atoms with van der Waals surface area (Å²) in [5.74, 6) is -0.281. The first-order valence-electron chi connectivity index (χ1n) is 5.66. The summed E-state index contributed by atoms with van der Waals surface area (Å²) in [4.78, 5) is 11.5. The number of nitrogens with one attached hydrogen (secondary N) is 2. The zero-order valence-electron chi connectivity index (χ0n) is 10.3. The number of halogens is 4. The van der Waals surface area contributed by atoms with Gasteiger partial charge in [-0.2, -0.15) is 13.2 Å². The minimum Gasteiger partial charge on any atom is -0.325 e. The number of carbonyl (C=O) groups is 1. The number of benzene rings is 1. The molecule has 1 rings (SSSR count). The first-order chi connectivity index (χ1) is 8.84. The fourth-order valence-corrected chi connectivity index (χ4v) is 1.66. The Morgan fingerprint density at radius 1 is 1.37 bits per heavy atom. The minimum atomic E-state index is -4.45. The van der Waals surface area contributed by atoms with Gasteiger partial charge in [0.2, 0.25) is 5.91 Å². The maximum absolute atomic E-state index is 12.4. The Morgan fingerprint density at radius 2 is 2.05 bits per heavy atom. The zero-order chi connectivity index (χ0) is 14.5. The lowest BCUT2D eigenvalue weighted by Gasteiger charge is -2.11. The van der Waals surface area contributed by atoms with Crippen LogP contribution in [-0.2, 0) is 11.0 Å². The van der Waals surface area contributed by atoms with E-state index in [2.05, 4.69) is 10.6 Å². The van der Waals surface area contributed by atoms with E-state index in [0.717, 1.165) is 18.2 Å². The number of anilines is 1. The summed E-state index contributed by atoms with van der Waals surface area (Å²) in [6.07, 6.45) is -3.53. The van der Waals surface area contributed by atoms with E-state index in [1.54, 1.807) is 7.05 Å². The molecule has 0 aromatic heterocycles. The highest BCUT2D eigenvalue weighted by molar-refractivity contribution is 6.33. The van der Waals surface area contributed by atoms with Gasteiger partial charge in [-0.05, 0) is 38.2 Å². The van der Waals surface area contributed by atoms with E-state index in [4.69, 9.17) is 11.6 Å². The van der Waals surface area contributed by atoms with Crippen molar-refractivity contribution < 1.29 is 18.0 Å². The molecule has 19 heavy (non-hydrogen) atoms. The molecule has 0 fully saturated rings. The van der Waals surface area contributed by atoms with Crippen LogP contribution in [0.4, 0.5) is 18.9 Å². The molecule has 2 N–H and O–H groups in total. The van der Waals surface area contributed by atoms with E-state index in [1.807, 2.05) is 0 Å². The lowest BCUT2D eigenvalue weighted by atomic mass is 10.2. The summed E-state index contributed by atoms with van der Waals surface area (Å²) in [5, 5.41) is 5.25. The molecule has 0 aliphatic carbocycles. The van der Waals surface area contributed by atoms with Crippen LogP contribution in [0.2, 0.25) is 5.02 Å². The second-order valence-corrected chi connectivity index (χ2v) is 4.35. The number of hydrogen-bond acceptors (Lipinski definition) is 2. The van der Waals surface area contributed by atoms with Gasteiger partial charge in [-0.15, -0.1) is 0 Å². The molecular weight excluding hydrogens is 281 g/mol. The molecule has 0 heterocycles. The normalized spacial score (nSPS) is 11.4. The van der Waals surface area contributed by atoms with Gasteiger partial charge < -0.3 is 10.6 Å². The SMILES string of the molecule is CNCCCC(=O)Nc1ccc(C(F)(F)F)cc1Cl. The van der Waals surface area contributed by atoms with Crippen molar-refractivity contribution in [1.82, 2.24) is 5.32 Å². The van der Waals surface area contributed by atoms with Gasteiger partial charge in [0.05, 0.1) is 16.3 Å². The van der Waals surface area contributed by atoms with Crippen molar-refractivity contribution in [2.24, 2.45) is 0 Å². The zero-order valence-corrected chi connectivity index (χ0v) is 11.0. The Labute approximate surface area is 114 Å². The summed E-state index contributed by atoms with van der Waals surface area (Å²) in [5.41, 5.74) is -0.658. The molecule has 1 aromatic carbocycles. The number of amides is 1. The predicted molar refractivity (Wildman–Crippen MR) is 68.2 cm³/mol. The molecule has 0 spiro atoms. The number of carbonyl (C=O) groups excluding carboxylic acids is 1. The molecule has 0 atom stereocenters. The van der Waals surface area contributed by atoms with Crippen molar-refractivity contribution in [2.75, 3.05) is 18.9 Å². The van der Waals surface area contributed by atoms with E-state index in [0.29, 0.717) is 13.0 Å². The summed E-state index contributed by atoms with van der Waals surface area (Å²) in [6.45, 7) is 0.689. The molecule has 0 aliphatic rings. The molecule has 3 nitrogen and oxygen atoms in total. The highest BCUT2D eigenvalue weighted by atomic mass is 35.5. The molecule has 106 valence electrons.